The molecule has 0 saturated carbocycles. The van der Waals surface area contributed by atoms with E-state index >= 15 is 0 Å². The smallest absolute Gasteiger partial charge is 0.233 e. The summed E-state index contributed by atoms with van der Waals surface area (Å²) in [6.07, 6.45) is 7.59. The number of carbonyl (C=O) groups is 2. The summed E-state index contributed by atoms with van der Waals surface area (Å²) in [7, 11) is 0. The van der Waals surface area contributed by atoms with Gasteiger partial charge in [0.1, 0.15) is 0 Å². The number of carbonyl (C=O) groups excluding carboxylic acids is 2. The highest BCUT2D eigenvalue weighted by Crippen LogP contribution is 2.08. The van der Waals surface area contributed by atoms with Crippen molar-refractivity contribution in [1.29, 1.82) is 0 Å². The van der Waals surface area contributed by atoms with Crippen molar-refractivity contribution in [3.8, 4) is 12.3 Å². The van der Waals surface area contributed by atoms with Gasteiger partial charge in [0, 0.05) is 26.1 Å². The number of terminal acetylenes is 1. The first-order valence-electron chi connectivity index (χ1n) is 5.92. The second-order valence-corrected chi connectivity index (χ2v) is 4.00. The molecule has 1 aliphatic heterocycles. The van der Waals surface area contributed by atoms with Crippen LogP contribution in [0.4, 0.5) is 0 Å². The number of nitrogens with zero attached hydrogens (tertiary/aromatic N) is 1. The van der Waals surface area contributed by atoms with Crippen LogP contribution in [-0.2, 0) is 9.59 Å². The fraction of sp³-hybridized carbons (Fsp3) is 0.667. The topological polar surface area (TPSA) is 61.4 Å². The summed E-state index contributed by atoms with van der Waals surface area (Å²) in [5.41, 5.74) is 0. The summed E-state index contributed by atoms with van der Waals surface area (Å²) >= 11 is 0. The van der Waals surface area contributed by atoms with Gasteiger partial charge in [0.15, 0.2) is 0 Å². The van der Waals surface area contributed by atoms with Crippen LogP contribution in [0, 0.1) is 12.3 Å². The lowest BCUT2D eigenvalue weighted by molar-refractivity contribution is -0.130. The Labute approximate surface area is 102 Å². The normalized spacial score (nSPS) is 14.4. The maximum absolute atomic E-state index is 11.6. The maximum Gasteiger partial charge on any atom is 0.233 e. The number of hydrogen-bond donors (Lipinski definition) is 2. The molecule has 1 heterocycles. The predicted molar refractivity (Wildman–Crippen MR) is 65.1 cm³/mol. The zero-order chi connectivity index (χ0) is 12.5. The van der Waals surface area contributed by atoms with E-state index < -0.39 is 0 Å². The van der Waals surface area contributed by atoms with Gasteiger partial charge in [-0.2, -0.15) is 0 Å². The van der Waals surface area contributed by atoms with Crippen molar-refractivity contribution in [2.45, 2.75) is 19.3 Å². The Morgan fingerprint density at radius 1 is 1.29 bits per heavy atom. The molecule has 0 radical (unpaired) electrons. The zero-order valence-corrected chi connectivity index (χ0v) is 10.00. The molecule has 0 spiro atoms. The molecule has 94 valence electrons. The minimum atomic E-state index is -0.130. The lowest BCUT2D eigenvalue weighted by Gasteiger charge is -2.15. The molecule has 5 heteroatoms. The highest BCUT2D eigenvalue weighted by atomic mass is 16.2. The molecule has 2 N–H and O–H groups in total. The third-order valence-corrected chi connectivity index (χ3v) is 2.63. The molecular formula is C12H19N3O2. The molecule has 0 aromatic carbocycles. The van der Waals surface area contributed by atoms with Gasteiger partial charge in [0.05, 0.1) is 13.1 Å². The Bertz CT molecular complexity index is 303. The SMILES string of the molecule is C#CCNCC(=O)NCCC(=O)N1CCCC1. The average molecular weight is 237 g/mol. The third-order valence-electron chi connectivity index (χ3n) is 2.63. The molecule has 5 nitrogen and oxygen atoms in total. The highest BCUT2D eigenvalue weighted by molar-refractivity contribution is 5.80. The highest BCUT2D eigenvalue weighted by Gasteiger charge is 2.17. The summed E-state index contributed by atoms with van der Waals surface area (Å²) in [6, 6.07) is 0. The summed E-state index contributed by atoms with van der Waals surface area (Å²) in [4.78, 5) is 24.7. The Balaban J connectivity index is 2.04. The molecule has 2 amide bonds. The number of amides is 2. The van der Waals surface area contributed by atoms with E-state index in [1.54, 1.807) is 0 Å². The van der Waals surface area contributed by atoms with Crippen molar-refractivity contribution in [3.63, 3.8) is 0 Å². The second-order valence-electron chi connectivity index (χ2n) is 4.00. The number of rotatable bonds is 6. The van der Waals surface area contributed by atoms with Crippen LogP contribution in [0.15, 0.2) is 0 Å². The van der Waals surface area contributed by atoms with Gasteiger partial charge in [-0.3, -0.25) is 14.9 Å². The Hall–Kier alpha value is -1.54. The first-order chi connectivity index (χ1) is 8.24. The average Bonchev–Trinajstić information content (AvgIpc) is 2.82. The van der Waals surface area contributed by atoms with Crippen LogP contribution < -0.4 is 10.6 Å². The fourth-order valence-corrected chi connectivity index (χ4v) is 1.74. The molecule has 0 unspecified atom stereocenters. The minimum absolute atomic E-state index is 0.124. The van der Waals surface area contributed by atoms with Crippen LogP contribution in [0.25, 0.3) is 0 Å². The van der Waals surface area contributed by atoms with Crippen molar-refractivity contribution < 1.29 is 9.59 Å². The van der Waals surface area contributed by atoms with E-state index in [1.165, 1.54) is 0 Å². The molecule has 1 aliphatic rings. The lowest BCUT2D eigenvalue weighted by atomic mass is 10.3. The quantitative estimate of drug-likeness (QED) is 0.476. The monoisotopic (exact) mass is 237 g/mol. The van der Waals surface area contributed by atoms with Gasteiger partial charge in [-0.1, -0.05) is 5.92 Å². The molecule has 0 aromatic heterocycles. The Morgan fingerprint density at radius 3 is 2.65 bits per heavy atom. The number of likely N-dealkylation sites (tertiary alicyclic amines) is 1. The second kappa shape index (κ2) is 7.69. The van der Waals surface area contributed by atoms with E-state index in [0.29, 0.717) is 19.5 Å². The Kier molecular flexibility index (Phi) is 6.12. The minimum Gasteiger partial charge on any atom is -0.354 e. The number of hydrogen-bond acceptors (Lipinski definition) is 3. The lowest BCUT2D eigenvalue weighted by Crippen LogP contribution is -2.37. The first-order valence-corrected chi connectivity index (χ1v) is 5.92. The first kappa shape index (κ1) is 13.5. The zero-order valence-electron chi connectivity index (χ0n) is 10.00. The van der Waals surface area contributed by atoms with Crippen molar-refractivity contribution in [2.75, 3.05) is 32.7 Å². The van der Waals surface area contributed by atoms with Gasteiger partial charge < -0.3 is 10.2 Å². The van der Waals surface area contributed by atoms with Crippen LogP contribution in [0.3, 0.4) is 0 Å². The van der Waals surface area contributed by atoms with Crippen LogP contribution in [-0.4, -0.2) is 49.4 Å². The molecule has 0 atom stereocenters. The van der Waals surface area contributed by atoms with Crippen molar-refractivity contribution >= 4 is 11.8 Å². The fourth-order valence-electron chi connectivity index (χ4n) is 1.74. The molecule has 0 bridgehead atoms. The van der Waals surface area contributed by atoms with Crippen LogP contribution in [0.5, 0.6) is 0 Å². The van der Waals surface area contributed by atoms with E-state index in [9.17, 15) is 9.59 Å². The molecule has 0 aromatic rings. The van der Waals surface area contributed by atoms with Crippen LogP contribution in [0.1, 0.15) is 19.3 Å². The third kappa shape index (κ3) is 5.36. The van der Waals surface area contributed by atoms with Crippen molar-refractivity contribution in [2.24, 2.45) is 0 Å². The molecule has 0 aliphatic carbocycles. The van der Waals surface area contributed by atoms with E-state index in [-0.39, 0.29) is 18.4 Å². The van der Waals surface area contributed by atoms with E-state index in [4.69, 9.17) is 6.42 Å². The van der Waals surface area contributed by atoms with Gasteiger partial charge in [-0.25, -0.2) is 0 Å². The summed E-state index contributed by atoms with van der Waals surface area (Å²) in [6.45, 7) is 2.68. The van der Waals surface area contributed by atoms with Crippen LogP contribution in [0.2, 0.25) is 0 Å². The van der Waals surface area contributed by atoms with Crippen LogP contribution >= 0.6 is 0 Å². The molecular weight excluding hydrogens is 218 g/mol. The van der Waals surface area contributed by atoms with Gasteiger partial charge in [0.2, 0.25) is 11.8 Å². The molecule has 17 heavy (non-hydrogen) atoms. The Morgan fingerprint density at radius 2 is 2.00 bits per heavy atom. The maximum atomic E-state index is 11.6. The van der Waals surface area contributed by atoms with E-state index in [0.717, 1.165) is 25.9 Å². The molecule has 1 rings (SSSR count). The van der Waals surface area contributed by atoms with E-state index in [1.807, 2.05) is 4.90 Å². The summed E-state index contributed by atoms with van der Waals surface area (Å²) in [5, 5.41) is 5.46. The number of nitrogens with one attached hydrogen (secondary N) is 2. The molecule has 1 fully saturated rings. The van der Waals surface area contributed by atoms with Crippen molar-refractivity contribution in [1.82, 2.24) is 15.5 Å². The van der Waals surface area contributed by atoms with Gasteiger partial charge in [-0.05, 0) is 12.8 Å². The van der Waals surface area contributed by atoms with Gasteiger partial charge in [0.25, 0.3) is 0 Å². The summed E-state index contributed by atoms with van der Waals surface area (Å²) in [5.74, 6) is 2.38. The van der Waals surface area contributed by atoms with Gasteiger partial charge in [-0.15, -0.1) is 6.42 Å². The van der Waals surface area contributed by atoms with Gasteiger partial charge >= 0.3 is 0 Å². The van der Waals surface area contributed by atoms with E-state index in [2.05, 4.69) is 16.6 Å². The largest absolute Gasteiger partial charge is 0.354 e. The predicted octanol–water partition coefficient (Wildman–Crippen LogP) is -0.662. The van der Waals surface area contributed by atoms with Crippen molar-refractivity contribution in [3.05, 3.63) is 0 Å². The summed E-state index contributed by atoms with van der Waals surface area (Å²) < 4.78 is 0. The standard InChI is InChI=1S/C12H19N3O2/c1-2-6-13-10-11(16)14-7-5-12(17)15-8-3-4-9-15/h1,13H,3-10H2,(H,14,16). The molecule has 1 saturated heterocycles.